The molecule has 2 fully saturated rings. The van der Waals surface area contributed by atoms with Gasteiger partial charge in [0.25, 0.3) is 5.91 Å². The van der Waals surface area contributed by atoms with Gasteiger partial charge in [0.15, 0.2) is 0 Å². The maximum Gasteiger partial charge on any atom is 0.313 e. The topological polar surface area (TPSA) is 106 Å². The Bertz CT molecular complexity index is 1150. The minimum absolute atomic E-state index is 0.104. The van der Waals surface area contributed by atoms with E-state index in [1.807, 2.05) is 32.9 Å². The van der Waals surface area contributed by atoms with Crippen LogP contribution in [0.25, 0.3) is 0 Å². The molecule has 1 aromatic carbocycles. The third-order valence-corrected chi connectivity index (χ3v) is 8.33. The highest BCUT2D eigenvalue weighted by Crippen LogP contribution is 2.59. The van der Waals surface area contributed by atoms with Gasteiger partial charge < -0.3 is 29.1 Å². The molecule has 4 heterocycles. The summed E-state index contributed by atoms with van der Waals surface area (Å²) in [5.74, 6) is -2.57. The lowest BCUT2D eigenvalue weighted by molar-refractivity contribution is -0.159. The van der Waals surface area contributed by atoms with E-state index in [-0.39, 0.29) is 37.5 Å². The summed E-state index contributed by atoms with van der Waals surface area (Å²) in [6.07, 6.45) is 7.62. The summed E-state index contributed by atoms with van der Waals surface area (Å²) in [5.41, 5.74) is -1.82. The van der Waals surface area contributed by atoms with Crippen molar-refractivity contribution in [3.05, 3.63) is 48.6 Å². The summed E-state index contributed by atoms with van der Waals surface area (Å²) in [6.45, 7) is 5.74. The van der Waals surface area contributed by atoms with Crippen LogP contribution in [0, 0.1) is 17.8 Å². The summed E-state index contributed by atoms with van der Waals surface area (Å²) in [4.78, 5) is 45.1. The van der Waals surface area contributed by atoms with Gasteiger partial charge in [-0.05, 0) is 42.7 Å². The van der Waals surface area contributed by atoms with E-state index in [0.29, 0.717) is 17.9 Å². The van der Waals surface area contributed by atoms with E-state index in [2.05, 4.69) is 0 Å². The number of amides is 2. The summed E-state index contributed by atoms with van der Waals surface area (Å²) < 4.78 is 17.6. The number of carbonyl (C=O) groups excluding carboxylic acids is 3. The standard InChI is InChI=1S/C28H34N2O7/c1-5-27-12-7-15-36-26(34)22(27)21-24(32)30(20(16-31)17(2)3)23-25(33)29(14-6-13-28(21,23)37-27)18-8-10-19(35-4)11-9-18/h6-13,17,20-23,31H,5,14-16H2,1-4H3/t20-,21-,22+,23?,27-,28-/m0/s1. The molecule has 9 heteroatoms. The van der Waals surface area contributed by atoms with Crippen LogP contribution >= 0.6 is 0 Å². The van der Waals surface area contributed by atoms with Gasteiger partial charge in [-0.1, -0.05) is 39.0 Å². The molecule has 6 atom stereocenters. The van der Waals surface area contributed by atoms with Gasteiger partial charge in [-0.25, -0.2) is 0 Å². The number of hydrogen-bond acceptors (Lipinski definition) is 7. The highest BCUT2D eigenvalue weighted by atomic mass is 16.6. The number of benzene rings is 1. The zero-order valence-corrected chi connectivity index (χ0v) is 21.6. The highest BCUT2D eigenvalue weighted by Gasteiger charge is 2.76. The lowest BCUT2D eigenvalue weighted by Crippen LogP contribution is -2.60. The van der Waals surface area contributed by atoms with Crippen molar-refractivity contribution in [2.75, 3.05) is 31.8 Å². The van der Waals surface area contributed by atoms with Crippen LogP contribution in [0.1, 0.15) is 27.2 Å². The van der Waals surface area contributed by atoms with Crippen LogP contribution in [0.15, 0.2) is 48.6 Å². The van der Waals surface area contributed by atoms with Crippen molar-refractivity contribution in [2.45, 2.75) is 50.5 Å². The number of aliphatic hydroxyl groups excluding tert-OH is 1. The van der Waals surface area contributed by atoms with Crippen LogP contribution < -0.4 is 9.64 Å². The van der Waals surface area contributed by atoms with Gasteiger partial charge in [-0.15, -0.1) is 0 Å². The van der Waals surface area contributed by atoms with Crippen molar-refractivity contribution in [2.24, 2.45) is 17.8 Å². The minimum atomic E-state index is -1.39. The molecule has 5 rings (SSSR count). The molecule has 1 unspecified atom stereocenters. The van der Waals surface area contributed by atoms with Gasteiger partial charge in [0, 0.05) is 12.2 Å². The molecule has 2 amide bonds. The van der Waals surface area contributed by atoms with E-state index in [4.69, 9.17) is 14.2 Å². The number of hydrogen-bond donors (Lipinski definition) is 1. The first-order valence-electron chi connectivity index (χ1n) is 12.8. The molecule has 9 nitrogen and oxygen atoms in total. The molecule has 0 bridgehead atoms. The van der Waals surface area contributed by atoms with Crippen LogP contribution in [0.3, 0.4) is 0 Å². The van der Waals surface area contributed by atoms with E-state index in [0.717, 1.165) is 0 Å². The summed E-state index contributed by atoms with van der Waals surface area (Å²) in [6, 6.07) is 5.43. The number of rotatable bonds is 6. The number of fused-ring (bicyclic) bond motifs is 2. The normalized spacial score (nSPS) is 33.6. The summed E-state index contributed by atoms with van der Waals surface area (Å²) >= 11 is 0. The van der Waals surface area contributed by atoms with Crippen molar-refractivity contribution in [3.63, 3.8) is 0 Å². The van der Waals surface area contributed by atoms with Crippen LogP contribution in [0.2, 0.25) is 0 Å². The molecule has 2 saturated heterocycles. The molecule has 1 N–H and O–H groups in total. The fourth-order valence-corrected chi connectivity index (χ4v) is 6.51. The Morgan fingerprint density at radius 3 is 2.43 bits per heavy atom. The molecule has 0 aliphatic carbocycles. The number of nitrogens with zero attached hydrogens (tertiary/aromatic N) is 2. The van der Waals surface area contributed by atoms with E-state index in [9.17, 15) is 19.5 Å². The van der Waals surface area contributed by atoms with Crippen LogP contribution in [-0.2, 0) is 23.9 Å². The molecule has 4 aliphatic heterocycles. The maximum absolute atomic E-state index is 14.4. The molecule has 198 valence electrons. The molecule has 0 saturated carbocycles. The fraction of sp³-hybridized carbons (Fsp3) is 0.536. The smallest absolute Gasteiger partial charge is 0.313 e. The Balaban J connectivity index is 1.68. The Kier molecular flexibility index (Phi) is 6.40. The number of aliphatic hydroxyl groups is 1. The van der Waals surface area contributed by atoms with Crippen molar-refractivity contribution in [1.82, 2.24) is 4.90 Å². The Morgan fingerprint density at radius 1 is 1.08 bits per heavy atom. The molecular weight excluding hydrogens is 476 g/mol. The number of likely N-dealkylation sites (tertiary alicyclic amines) is 1. The lowest BCUT2D eigenvalue weighted by atomic mass is 9.73. The van der Waals surface area contributed by atoms with Gasteiger partial charge in [0.05, 0.1) is 25.7 Å². The van der Waals surface area contributed by atoms with Crippen LogP contribution in [0.4, 0.5) is 5.69 Å². The number of ether oxygens (including phenoxy) is 3. The second kappa shape index (κ2) is 9.29. The number of carbonyl (C=O) groups is 3. The van der Waals surface area contributed by atoms with Gasteiger partial charge in [-0.3, -0.25) is 14.4 Å². The van der Waals surface area contributed by atoms with Crippen LogP contribution in [-0.4, -0.2) is 77.9 Å². The zero-order valence-electron chi connectivity index (χ0n) is 21.6. The minimum Gasteiger partial charge on any atom is -0.497 e. The Labute approximate surface area is 216 Å². The molecule has 4 aliphatic rings. The van der Waals surface area contributed by atoms with Crippen LogP contribution in [0.5, 0.6) is 5.75 Å². The number of anilines is 1. The molecular formula is C28H34N2O7. The quantitative estimate of drug-likeness (QED) is 0.462. The van der Waals surface area contributed by atoms with Gasteiger partial charge in [0.1, 0.15) is 35.5 Å². The van der Waals surface area contributed by atoms with Crippen molar-refractivity contribution < 1.29 is 33.7 Å². The summed E-state index contributed by atoms with van der Waals surface area (Å²) in [5, 5.41) is 10.4. The van der Waals surface area contributed by atoms with E-state index < -0.39 is 41.1 Å². The molecule has 1 spiro atoms. The van der Waals surface area contributed by atoms with Gasteiger partial charge in [-0.2, -0.15) is 0 Å². The average Bonchev–Trinajstić information content (AvgIpc) is 3.16. The first-order chi connectivity index (χ1) is 17.7. The largest absolute Gasteiger partial charge is 0.497 e. The predicted molar refractivity (Wildman–Crippen MR) is 135 cm³/mol. The second-order valence-electron chi connectivity index (χ2n) is 10.4. The van der Waals surface area contributed by atoms with Crippen molar-refractivity contribution in [3.8, 4) is 5.75 Å². The average molecular weight is 511 g/mol. The molecule has 37 heavy (non-hydrogen) atoms. The zero-order chi connectivity index (χ0) is 26.5. The van der Waals surface area contributed by atoms with E-state index in [1.165, 1.54) is 4.90 Å². The third-order valence-electron chi connectivity index (χ3n) is 8.33. The molecule has 0 radical (unpaired) electrons. The molecule has 1 aromatic rings. The predicted octanol–water partition coefficient (Wildman–Crippen LogP) is 2.09. The van der Waals surface area contributed by atoms with Gasteiger partial charge >= 0.3 is 5.97 Å². The second-order valence-corrected chi connectivity index (χ2v) is 10.4. The lowest BCUT2D eigenvalue weighted by Gasteiger charge is -2.41. The monoisotopic (exact) mass is 510 g/mol. The third kappa shape index (κ3) is 3.62. The number of esters is 1. The first kappa shape index (κ1) is 25.5. The van der Waals surface area contributed by atoms with Gasteiger partial charge in [0.2, 0.25) is 5.91 Å². The highest BCUT2D eigenvalue weighted by molar-refractivity contribution is 6.05. The number of cyclic esters (lactones) is 1. The molecule has 0 aromatic heterocycles. The SMILES string of the molecule is CC[C@]12C=CCOC(=O)[C@H]1[C@H]1C(=O)N([C@@H](CO)C(C)C)C3C(=O)N(c4ccc(OC)cc4)CC=C[C@@]31O2. The Morgan fingerprint density at radius 2 is 1.81 bits per heavy atom. The summed E-state index contributed by atoms with van der Waals surface area (Å²) in [7, 11) is 1.57. The first-order valence-corrected chi connectivity index (χ1v) is 12.8. The van der Waals surface area contributed by atoms with Crippen molar-refractivity contribution in [1.29, 1.82) is 0 Å². The Hall–Kier alpha value is -3.17. The fourth-order valence-electron chi connectivity index (χ4n) is 6.51. The van der Waals surface area contributed by atoms with E-state index >= 15 is 0 Å². The van der Waals surface area contributed by atoms with Crippen molar-refractivity contribution >= 4 is 23.5 Å². The number of methoxy groups -OCH3 is 1. The van der Waals surface area contributed by atoms with E-state index in [1.54, 1.807) is 48.4 Å². The maximum atomic E-state index is 14.4.